The van der Waals surface area contributed by atoms with Crippen molar-refractivity contribution in [3.8, 4) is 0 Å². The maximum absolute atomic E-state index is 12.6. The number of aromatic amines is 1. The Morgan fingerprint density at radius 2 is 1.79 bits per heavy atom. The van der Waals surface area contributed by atoms with Crippen molar-refractivity contribution in [2.75, 3.05) is 7.11 Å². The van der Waals surface area contributed by atoms with Gasteiger partial charge >= 0.3 is 5.97 Å². The lowest BCUT2D eigenvalue weighted by Gasteiger charge is -2.15. The van der Waals surface area contributed by atoms with Crippen LogP contribution in [0.5, 0.6) is 0 Å². The third-order valence-corrected chi connectivity index (χ3v) is 5.06. The van der Waals surface area contributed by atoms with Crippen LogP contribution < -0.4 is 5.32 Å². The molecule has 0 aliphatic heterocycles. The summed E-state index contributed by atoms with van der Waals surface area (Å²) in [4.78, 5) is 39.5. The van der Waals surface area contributed by atoms with Gasteiger partial charge in [-0.15, -0.1) is 0 Å². The number of carbonyl (C=O) groups excluding carboxylic acids is 3. The largest absolute Gasteiger partial charge is 0.465 e. The molecule has 0 spiro atoms. The van der Waals surface area contributed by atoms with Crippen LogP contribution in [-0.4, -0.2) is 29.8 Å². The topological polar surface area (TPSA) is 88.3 Å². The molecule has 2 N–H and O–H groups in total. The van der Waals surface area contributed by atoms with E-state index in [0.29, 0.717) is 17.0 Å². The first-order valence-corrected chi connectivity index (χ1v) is 9.40. The summed E-state index contributed by atoms with van der Waals surface area (Å²) in [5.74, 6) is -1.03. The lowest BCUT2D eigenvalue weighted by Crippen LogP contribution is -2.28. The second kappa shape index (κ2) is 8.31. The van der Waals surface area contributed by atoms with Gasteiger partial charge in [-0.2, -0.15) is 0 Å². The van der Waals surface area contributed by atoms with Gasteiger partial charge in [-0.3, -0.25) is 9.59 Å². The highest BCUT2D eigenvalue weighted by atomic mass is 16.5. The molecule has 1 heterocycles. The van der Waals surface area contributed by atoms with Crippen molar-refractivity contribution in [3.63, 3.8) is 0 Å². The van der Waals surface area contributed by atoms with Crippen molar-refractivity contribution < 1.29 is 19.1 Å². The fourth-order valence-electron chi connectivity index (χ4n) is 3.54. The number of rotatable bonds is 6. The lowest BCUT2D eigenvalue weighted by molar-refractivity contribution is -0.121. The number of ketones is 1. The fourth-order valence-corrected chi connectivity index (χ4v) is 3.54. The first-order chi connectivity index (χ1) is 13.8. The summed E-state index contributed by atoms with van der Waals surface area (Å²) in [5, 5.41) is 5.19. The van der Waals surface area contributed by atoms with Gasteiger partial charge in [-0.25, -0.2) is 4.79 Å². The van der Waals surface area contributed by atoms with Crippen LogP contribution in [0.1, 0.15) is 57.6 Å². The molecule has 150 valence electrons. The molecule has 2 aromatic carbocycles. The number of hydrogen-bond donors (Lipinski definition) is 2. The number of aromatic nitrogens is 1. The van der Waals surface area contributed by atoms with Gasteiger partial charge in [0.15, 0.2) is 5.78 Å². The number of fused-ring (bicyclic) bond motifs is 1. The lowest BCUT2D eigenvalue weighted by atomic mass is 10.0. The Morgan fingerprint density at radius 1 is 1.10 bits per heavy atom. The highest BCUT2D eigenvalue weighted by molar-refractivity contribution is 6.01. The Kier molecular flexibility index (Phi) is 5.82. The zero-order chi connectivity index (χ0) is 21.1. The Balaban J connectivity index is 1.80. The minimum Gasteiger partial charge on any atom is -0.465 e. The fraction of sp³-hybridized carbons (Fsp3) is 0.261. The Labute approximate surface area is 169 Å². The number of H-pyrrole nitrogens is 1. The smallest absolute Gasteiger partial charge is 0.339 e. The molecular weight excluding hydrogens is 368 g/mol. The molecule has 0 aliphatic carbocycles. The van der Waals surface area contributed by atoms with E-state index >= 15 is 0 Å². The molecule has 3 aromatic rings. The SMILES string of the molecule is COC(=O)c1c(CC(=O)NC(C)c2ccc3ccccc3c2)[nH]c(C(C)=O)c1C. The molecule has 1 atom stereocenters. The molecule has 6 heteroatoms. The molecule has 3 rings (SSSR count). The van der Waals surface area contributed by atoms with E-state index in [-0.39, 0.29) is 29.7 Å². The monoisotopic (exact) mass is 392 g/mol. The maximum atomic E-state index is 12.6. The van der Waals surface area contributed by atoms with E-state index in [1.807, 2.05) is 49.4 Å². The van der Waals surface area contributed by atoms with Crippen LogP contribution in [0.25, 0.3) is 10.8 Å². The van der Waals surface area contributed by atoms with Crippen LogP contribution in [-0.2, 0) is 16.0 Å². The van der Waals surface area contributed by atoms with Crippen LogP contribution in [0.2, 0.25) is 0 Å². The van der Waals surface area contributed by atoms with Crippen LogP contribution in [0.15, 0.2) is 42.5 Å². The highest BCUT2D eigenvalue weighted by Crippen LogP contribution is 2.22. The number of carbonyl (C=O) groups is 3. The van der Waals surface area contributed by atoms with Crippen LogP contribution in [0.3, 0.4) is 0 Å². The minimum atomic E-state index is -0.573. The molecule has 0 aliphatic rings. The van der Waals surface area contributed by atoms with Gasteiger partial charge in [0.1, 0.15) is 0 Å². The van der Waals surface area contributed by atoms with E-state index in [1.54, 1.807) is 6.92 Å². The first-order valence-electron chi connectivity index (χ1n) is 9.40. The number of amides is 1. The number of esters is 1. The number of benzene rings is 2. The second-order valence-corrected chi connectivity index (χ2v) is 7.10. The van der Waals surface area contributed by atoms with Gasteiger partial charge < -0.3 is 15.0 Å². The molecular formula is C23H24N2O4. The molecule has 0 bridgehead atoms. The molecule has 0 fully saturated rings. The van der Waals surface area contributed by atoms with E-state index in [9.17, 15) is 14.4 Å². The number of Topliss-reactive ketones (excluding diaryl/α,β-unsaturated/α-hetero) is 1. The average molecular weight is 392 g/mol. The number of nitrogens with one attached hydrogen (secondary N) is 2. The molecule has 0 radical (unpaired) electrons. The zero-order valence-electron chi connectivity index (χ0n) is 17.0. The van der Waals surface area contributed by atoms with Crippen LogP contribution >= 0.6 is 0 Å². The molecule has 1 amide bonds. The Hall–Kier alpha value is -3.41. The van der Waals surface area contributed by atoms with Crippen LogP contribution in [0.4, 0.5) is 0 Å². The predicted molar refractivity (Wildman–Crippen MR) is 111 cm³/mol. The third kappa shape index (κ3) is 4.21. The van der Waals surface area contributed by atoms with Gasteiger partial charge in [-0.1, -0.05) is 36.4 Å². The van der Waals surface area contributed by atoms with Gasteiger partial charge in [-0.05, 0) is 41.8 Å². The van der Waals surface area contributed by atoms with Crippen molar-refractivity contribution in [2.24, 2.45) is 0 Å². The van der Waals surface area contributed by atoms with E-state index in [4.69, 9.17) is 4.74 Å². The van der Waals surface area contributed by atoms with E-state index in [2.05, 4.69) is 10.3 Å². The minimum absolute atomic E-state index is 0.0591. The number of hydrogen-bond acceptors (Lipinski definition) is 4. The summed E-state index contributed by atoms with van der Waals surface area (Å²) < 4.78 is 4.82. The quantitative estimate of drug-likeness (QED) is 0.492. The van der Waals surface area contributed by atoms with Crippen molar-refractivity contribution in [3.05, 3.63) is 70.5 Å². The Morgan fingerprint density at radius 3 is 2.45 bits per heavy atom. The van der Waals surface area contributed by atoms with E-state index in [0.717, 1.165) is 16.3 Å². The summed E-state index contributed by atoms with van der Waals surface area (Å²) in [6.45, 7) is 4.98. The van der Waals surface area contributed by atoms with Gasteiger partial charge in [0, 0.05) is 12.6 Å². The zero-order valence-corrected chi connectivity index (χ0v) is 17.0. The standard InChI is InChI=1S/C23H24N2O4/c1-13-21(23(28)29-4)19(25-22(13)15(3)26)12-20(27)24-14(2)17-10-9-16-7-5-6-8-18(16)11-17/h5-11,14,25H,12H2,1-4H3,(H,24,27). The van der Waals surface area contributed by atoms with Crippen LogP contribution in [0, 0.1) is 6.92 Å². The summed E-state index contributed by atoms with van der Waals surface area (Å²) in [6, 6.07) is 13.9. The van der Waals surface area contributed by atoms with E-state index < -0.39 is 5.97 Å². The van der Waals surface area contributed by atoms with Gasteiger partial charge in [0.25, 0.3) is 0 Å². The van der Waals surface area contributed by atoms with E-state index in [1.165, 1.54) is 14.0 Å². The second-order valence-electron chi connectivity index (χ2n) is 7.10. The molecule has 6 nitrogen and oxygen atoms in total. The molecule has 0 saturated carbocycles. The number of methoxy groups -OCH3 is 1. The first kappa shape index (κ1) is 20.3. The molecule has 29 heavy (non-hydrogen) atoms. The maximum Gasteiger partial charge on any atom is 0.339 e. The van der Waals surface area contributed by atoms with Gasteiger partial charge in [0.2, 0.25) is 5.91 Å². The van der Waals surface area contributed by atoms with Gasteiger partial charge in [0.05, 0.1) is 30.8 Å². The molecule has 1 aromatic heterocycles. The summed E-state index contributed by atoms with van der Waals surface area (Å²) in [6.07, 6.45) is -0.0591. The summed E-state index contributed by atoms with van der Waals surface area (Å²) in [7, 11) is 1.27. The highest BCUT2D eigenvalue weighted by Gasteiger charge is 2.24. The van der Waals surface area contributed by atoms with Crippen molar-refractivity contribution >= 4 is 28.4 Å². The normalized spacial score (nSPS) is 11.9. The third-order valence-electron chi connectivity index (χ3n) is 5.06. The Bertz CT molecular complexity index is 1100. The molecule has 0 saturated heterocycles. The number of ether oxygens (including phenoxy) is 1. The summed E-state index contributed by atoms with van der Waals surface area (Å²) >= 11 is 0. The molecule has 1 unspecified atom stereocenters. The van der Waals surface area contributed by atoms with Crippen molar-refractivity contribution in [1.29, 1.82) is 0 Å². The predicted octanol–water partition coefficient (Wildman–Crippen LogP) is 3.89. The average Bonchev–Trinajstić information content (AvgIpc) is 3.02. The summed E-state index contributed by atoms with van der Waals surface area (Å²) in [5.41, 5.74) is 2.41. The van der Waals surface area contributed by atoms with Crippen molar-refractivity contribution in [1.82, 2.24) is 10.3 Å². The van der Waals surface area contributed by atoms with Crippen molar-refractivity contribution in [2.45, 2.75) is 33.2 Å².